The van der Waals surface area contributed by atoms with E-state index in [1.165, 1.54) is 24.3 Å². The van der Waals surface area contributed by atoms with Gasteiger partial charge in [-0.1, -0.05) is 88.7 Å². The summed E-state index contributed by atoms with van der Waals surface area (Å²) in [6.45, 7) is 37.0. The highest BCUT2D eigenvalue weighted by Crippen LogP contribution is 2.45. The van der Waals surface area contributed by atoms with Crippen LogP contribution in [0.1, 0.15) is 157 Å². The number of rotatable bonds is 12. The Bertz CT molecular complexity index is 2680. The smallest absolute Gasteiger partial charge is 0.437 e. The third-order valence-corrected chi connectivity index (χ3v) is 17.8. The van der Waals surface area contributed by atoms with Gasteiger partial charge in [-0.05, 0) is 161 Å². The largest absolute Gasteiger partial charge is 0.494 e. The van der Waals surface area contributed by atoms with Gasteiger partial charge in [-0.2, -0.15) is 0 Å². The van der Waals surface area contributed by atoms with Crippen molar-refractivity contribution >= 4 is 54.7 Å². The highest BCUT2D eigenvalue weighted by Gasteiger charge is 2.64. The Hall–Kier alpha value is -4.81. The number of amides is 2. The number of benzene rings is 4. The molecule has 4 atom stereocenters. The molecule has 0 bridgehead atoms. The summed E-state index contributed by atoms with van der Waals surface area (Å²) in [6.07, 6.45) is 4.90. The SMILES string of the molecule is C=CC[C@]1(c2ccc(F)cc2)CCN([C@@H](C)c2ccc(B3OC(C)(C)C(C)(C)O3)cc2)C(=O)O1.C=CC[C@]1(c2ccc(F)cc2)CCN([C@@H](C)c2ccc(Br)cc2)C(=O)O1.CC1(C)OB(B2OC(C)(C)C(C)(C)O2)OC1(C)C. The molecule has 0 aromatic heterocycles. The molecule has 5 heterocycles. The fourth-order valence-electron chi connectivity index (χ4n) is 9.96. The van der Waals surface area contributed by atoms with Crippen LogP contribution in [-0.2, 0) is 48.6 Å². The first-order chi connectivity index (χ1) is 36.3. The van der Waals surface area contributed by atoms with Crippen LogP contribution in [0.4, 0.5) is 18.4 Å². The molecule has 5 aliphatic rings. The molecule has 5 aliphatic heterocycles. The lowest BCUT2D eigenvalue weighted by Gasteiger charge is -2.43. The Morgan fingerprint density at radius 2 is 0.821 bits per heavy atom. The molecular formula is C60H78B3BrF2N2O10. The summed E-state index contributed by atoms with van der Waals surface area (Å²) in [4.78, 5) is 29.4. The number of hydrogen-bond acceptors (Lipinski definition) is 10. The Kier molecular flexibility index (Phi) is 17.9. The molecule has 4 aromatic rings. The van der Waals surface area contributed by atoms with E-state index in [0.29, 0.717) is 38.8 Å². The van der Waals surface area contributed by atoms with Crippen LogP contribution in [0.5, 0.6) is 0 Å². The maximum absolute atomic E-state index is 13.4. The zero-order valence-corrected chi connectivity index (χ0v) is 49.6. The normalized spacial score (nSPS) is 25.2. The third-order valence-electron chi connectivity index (χ3n) is 17.2. The van der Waals surface area contributed by atoms with Gasteiger partial charge in [0.05, 0.1) is 45.7 Å². The molecule has 0 saturated carbocycles. The molecule has 5 saturated heterocycles. The molecular weight excluding hydrogens is 1060 g/mol. The van der Waals surface area contributed by atoms with Crippen molar-refractivity contribution in [2.24, 2.45) is 0 Å². The van der Waals surface area contributed by atoms with E-state index in [1.807, 2.05) is 145 Å². The lowest BCUT2D eigenvalue weighted by Crippen LogP contribution is -2.48. The van der Waals surface area contributed by atoms with E-state index in [9.17, 15) is 18.4 Å². The number of cyclic esters (lactones) is 2. The van der Waals surface area contributed by atoms with Crippen LogP contribution in [0.25, 0.3) is 0 Å². The van der Waals surface area contributed by atoms with E-state index < -0.39 is 43.5 Å². The highest BCUT2D eigenvalue weighted by molar-refractivity contribution is 9.10. The molecule has 18 heteroatoms. The Morgan fingerprint density at radius 3 is 1.13 bits per heavy atom. The molecule has 0 radical (unpaired) electrons. The van der Waals surface area contributed by atoms with Gasteiger partial charge in [0.25, 0.3) is 0 Å². The van der Waals surface area contributed by atoms with Gasteiger partial charge in [0, 0.05) is 43.2 Å². The van der Waals surface area contributed by atoms with Gasteiger partial charge in [-0.15, -0.1) is 13.2 Å². The molecule has 12 nitrogen and oxygen atoms in total. The summed E-state index contributed by atoms with van der Waals surface area (Å²) in [6, 6.07) is 27.9. The Morgan fingerprint density at radius 1 is 0.513 bits per heavy atom. The second-order valence-electron chi connectivity index (χ2n) is 24.0. The van der Waals surface area contributed by atoms with Gasteiger partial charge < -0.3 is 47.2 Å². The molecule has 0 N–H and O–H groups in total. The quantitative estimate of drug-likeness (QED) is 0.100. The summed E-state index contributed by atoms with van der Waals surface area (Å²) >= 11 is 3.42. The summed E-state index contributed by atoms with van der Waals surface area (Å²) in [7, 11) is -1.38. The second-order valence-corrected chi connectivity index (χ2v) is 24.9. The minimum absolute atomic E-state index is 0.0921. The molecule has 9 rings (SSSR count). The number of carbonyl (C=O) groups excluding carboxylic acids is 2. The van der Waals surface area contributed by atoms with Gasteiger partial charge in [0.15, 0.2) is 0 Å². The average molecular weight is 1140 g/mol. The van der Waals surface area contributed by atoms with Crippen LogP contribution in [-0.4, -0.2) is 89.8 Å². The van der Waals surface area contributed by atoms with Crippen molar-refractivity contribution in [3.63, 3.8) is 0 Å². The van der Waals surface area contributed by atoms with Crippen LogP contribution in [0.15, 0.2) is 127 Å². The predicted octanol–water partition coefficient (Wildman–Crippen LogP) is 13.7. The van der Waals surface area contributed by atoms with E-state index in [1.54, 1.807) is 46.2 Å². The van der Waals surface area contributed by atoms with Gasteiger partial charge in [-0.3, -0.25) is 0 Å². The summed E-state index contributed by atoms with van der Waals surface area (Å²) in [5, 5.41) is 0. The average Bonchev–Trinajstić information content (AvgIpc) is 3.91. The van der Waals surface area contributed by atoms with Crippen molar-refractivity contribution in [2.75, 3.05) is 13.1 Å². The van der Waals surface area contributed by atoms with Crippen molar-refractivity contribution in [1.82, 2.24) is 9.80 Å². The van der Waals surface area contributed by atoms with Crippen LogP contribution < -0.4 is 5.46 Å². The molecule has 4 aromatic carbocycles. The van der Waals surface area contributed by atoms with E-state index in [2.05, 4.69) is 29.1 Å². The van der Waals surface area contributed by atoms with E-state index in [4.69, 9.17) is 37.4 Å². The fraction of sp³-hybridized carbons (Fsp3) is 0.500. The van der Waals surface area contributed by atoms with E-state index in [0.717, 1.165) is 32.2 Å². The molecule has 0 aliphatic carbocycles. The fourth-order valence-corrected chi connectivity index (χ4v) is 10.2. The number of ether oxygens (including phenoxy) is 2. The number of hydrogen-bond donors (Lipinski definition) is 0. The lowest BCUT2D eigenvalue weighted by atomic mass is 9.49. The Labute approximate surface area is 471 Å². The minimum atomic E-state index is -0.830. The topological polar surface area (TPSA) is 114 Å². The Balaban J connectivity index is 0.000000178. The zero-order valence-electron chi connectivity index (χ0n) is 48.0. The third kappa shape index (κ3) is 12.7. The molecule has 418 valence electrons. The number of carbonyl (C=O) groups is 2. The highest BCUT2D eigenvalue weighted by atomic mass is 79.9. The van der Waals surface area contributed by atoms with Gasteiger partial charge in [-0.25, -0.2) is 18.4 Å². The van der Waals surface area contributed by atoms with Crippen molar-refractivity contribution in [2.45, 2.75) is 180 Å². The van der Waals surface area contributed by atoms with Crippen molar-refractivity contribution in [1.29, 1.82) is 0 Å². The lowest BCUT2D eigenvalue weighted by molar-refractivity contribution is -0.0595. The molecule has 0 spiro atoms. The maximum Gasteiger partial charge on any atom is 0.494 e. The maximum atomic E-state index is 13.4. The van der Waals surface area contributed by atoms with Gasteiger partial charge in [0.2, 0.25) is 0 Å². The van der Waals surface area contributed by atoms with Crippen LogP contribution in [0.2, 0.25) is 0 Å². The first-order valence-corrected chi connectivity index (χ1v) is 27.8. The predicted molar refractivity (Wildman–Crippen MR) is 307 cm³/mol. The van der Waals surface area contributed by atoms with Crippen LogP contribution in [0, 0.1) is 11.6 Å². The van der Waals surface area contributed by atoms with E-state index >= 15 is 0 Å². The van der Waals surface area contributed by atoms with Crippen molar-refractivity contribution in [3.8, 4) is 0 Å². The number of nitrogens with zero attached hydrogens (tertiary/aromatic N) is 2. The van der Waals surface area contributed by atoms with E-state index in [-0.39, 0.29) is 58.3 Å². The van der Waals surface area contributed by atoms with Crippen molar-refractivity contribution < 1.29 is 55.8 Å². The van der Waals surface area contributed by atoms with Crippen LogP contribution in [0.3, 0.4) is 0 Å². The minimum Gasteiger partial charge on any atom is -0.437 e. The summed E-state index contributed by atoms with van der Waals surface area (Å²) < 4.78 is 75.8. The number of halogens is 3. The molecule has 78 heavy (non-hydrogen) atoms. The first-order valence-electron chi connectivity index (χ1n) is 27.0. The molecule has 5 fully saturated rings. The van der Waals surface area contributed by atoms with Crippen molar-refractivity contribution in [3.05, 3.63) is 161 Å². The monoisotopic (exact) mass is 1140 g/mol. The summed E-state index contributed by atoms with van der Waals surface area (Å²) in [5.74, 6) is -0.631. The summed E-state index contributed by atoms with van der Waals surface area (Å²) in [5.41, 5.74) is 0.698. The zero-order chi connectivity index (χ0) is 57.4. The standard InChI is InChI=1S/C27H33BFNO4.C21H21BrFNO2.C12H24B2O4/c1-7-16-27(21-10-14-23(29)15-11-21)17-18-30(24(31)32-27)19(2)20-8-12-22(13-9-20)28-33-25(3,4)26(5,6)34-28;1-3-12-21(17-6-10-19(23)11-7-17)13-14-24(20(25)26-21)15(2)16-4-8-18(22)9-5-16;1-9(2)10(3,4)16-13(15-9)14-17-11(5,6)12(7,8)18-14/h7-15,19H,1,16-18H2,2-6H3;3-11,15H,1,12-14H2,2H3;1-8H3/t19-,27+;15-,21+;/m00./s1. The second kappa shape index (κ2) is 23.0. The molecule has 0 unspecified atom stereocenters. The first kappa shape index (κ1) is 60.8. The van der Waals surface area contributed by atoms with Gasteiger partial charge >= 0.3 is 33.3 Å². The van der Waals surface area contributed by atoms with Gasteiger partial charge in [0.1, 0.15) is 22.8 Å². The van der Waals surface area contributed by atoms with Crippen LogP contribution >= 0.6 is 15.9 Å². The molecule has 2 amide bonds.